The first-order valence-corrected chi connectivity index (χ1v) is 9.48. The number of hydrogen-bond acceptors (Lipinski definition) is 6. The summed E-state index contributed by atoms with van der Waals surface area (Å²) < 4.78 is 0. The van der Waals surface area contributed by atoms with E-state index in [4.69, 9.17) is 11.5 Å². The van der Waals surface area contributed by atoms with Crippen molar-refractivity contribution in [3.8, 4) is 0 Å². The van der Waals surface area contributed by atoms with Gasteiger partial charge in [0.2, 0.25) is 23.6 Å². The molecular formula is C18H33N5O6. The zero-order valence-corrected chi connectivity index (χ0v) is 17.4. The molecule has 166 valence electrons. The van der Waals surface area contributed by atoms with Gasteiger partial charge in [0.1, 0.15) is 18.1 Å². The lowest BCUT2D eigenvalue weighted by Gasteiger charge is -2.25. The molecule has 11 nitrogen and oxygen atoms in total. The highest BCUT2D eigenvalue weighted by Crippen LogP contribution is 2.08. The number of carbonyl (C=O) groups is 5. The number of carboxylic acid groups (broad SMARTS) is 1. The second kappa shape index (κ2) is 12.7. The van der Waals surface area contributed by atoms with Crippen LogP contribution in [0.4, 0.5) is 0 Å². The maximum absolute atomic E-state index is 12.6. The zero-order chi connectivity index (χ0) is 22.7. The predicted molar refractivity (Wildman–Crippen MR) is 105 cm³/mol. The van der Waals surface area contributed by atoms with Crippen LogP contribution in [0, 0.1) is 11.8 Å². The van der Waals surface area contributed by atoms with Crippen LogP contribution < -0.4 is 27.4 Å². The number of carboxylic acids is 1. The van der Waals surface area contributed by atoms with Gasteiger partial charge in [-0.25, -0.2) is 4.79 Å². The first kappa shape index (κ1) is 26.3. The lowest BCUT2D eigenvalue weighted by Crippen LogP contribution is -2.57. The average molecular weight is 415 g/mol. The summed E-state index contributed by atoms with van der Waals surface area (Å²) in [6, 6.07) is -3.53. The molecule has 0 rings (SSSR count). The molecule has 0 saturated carbocycles. The molecule has 0 aromatic rings. The fourth-order valence-corrected chi connectivity index (χ4v) is 2.60. The van der Waals surface area contributed by atoms with Crippen molar-refractivity contribution in [2.45, 2.75) is 65.1 Å². The molecule has 0 aromatic heterocycles. The normalized spacial score (nSPS) is 14.0. The highest BCUT2D eigenvalue weighted by molar-refractivity contribution is 5.95. The Morgan fingerprint density at radius 2 is 1.24 bits per heavy atom. The van der Waals surface area contributed by atoms with E-state index in [-0.39, 0.29) is 31.2 Å². The number of amides is 4. The van der Waals surface area contributed by atoms with Gasteiger partial charge >= 0.3 is 5.97 Å². The van der Waals surface area contributed by atoms with Gasteiger partial charge in [0.05, 0.1) is 13.0 Å². The third kappa shape index (κ3) is 11.0. The summed E-state index contributed by atoms with van der Waals surface area (Å²) in [5.74, 6) is -4.16. The highest BCUT2D eigenvalue weighted by Gasteiger charge is 2.31. The summed E-state index contributed by atoms with van der Waals surface area (Å²) in [4.78, 5) is 59.5. The molecule has 0 heterocycles. The Kier molecular flexibility index (Phi) is 11.5. The van der Waals surface area contributed by atoms with E-state index >= 15 is 0 Å². The number of aliphatic carboxylic acids is 1. The van der Waals surface area contributed by atoms with Crippen LogP contribution in [0.15, 0.2) is 0 Å². The molecule has 0 aromatic carbocycles. The maximum atomic E-state index is 12.6. The molecule has 0 fully saturated rings. The van der Waals surface area contributed by atoms with E-state index < -0.39 is 54.1 Å². The first-order valence-electron chi connectivity index (χ1n) is 9.48. The summed E-state index contributed by atoms with van der Waals surface area (Å²) in [6.07, 6.45) is -0.0841. The average Bonchev–Trinajstić information content (AvgIpc) is 2.58. The van der Waals surface area contributed by atoms with Crippen LogP contribution in [0.2, 0.25) is 0 Å². The molecule has 8 N–H and O–H groups in total. The fraction of sp³-hybridized carbons (Fsp3) is 0.722. The van der Waals surface area contributed by atoms with Gasteiger partial charge in [0.25, 0.3) is 0 Å². The Balaban J connectivity index is 5.38. The number of rotatable bonds is 13. The van der Waals surface area contributed by atoms with E-state index in [0.717, 1.165) is 0 Å². The van der Waals surface area contributed by atoms with E-state index in [1.54, 1.807) is 13.8 Å². The van der Waals surface area contributed by atoms with Crippen molar-refractivity contribution in [1.29, 1.82) is 0 Å². The molecule has 0 saturated heterocycles. The number of nitrogens with one attached hydrogen (secondary N) is 3. The topological polar surface area (TPSA) is 194 Å². The minimum Gasteiger partial charge on any atom is -0.480 e. The minimum absolute atomic E-state index is 0.0116. The predicted octanol–water partition coefficient (Wildman–Crippen LogP) is -1.55. The van der Waals surface area contributed by atoms with Crippen molar-refractivity contribution in [3.05, 3.63) is 0 Å². The number of carbonyl (C=O) groups excluding carboxylic acids is 4. The Bertz CT molecular complexity index is 608. The summed E-state index contributed by atoms with van der Waals surface area (Å²) in [6.45, 7) is 6.95. The lowest BCUT2D eigenvalue weighted by molar-refractivity contribution is -0.143. The Labute approximate surface area is 170 Å². The molecule has 0 aliphatic rings. The summed E-state index contributed by atoms with van der Waals surface area (Å²) in [7, 11) is 0. The van der Waals surface area contributed by atoms with Crippen molar-refractivity contribution >= 4 is 29.6 Å². The van der Waals surface area contributed by atoms with Crippen molar-refractivity contribution < 1.29 is 29.1 Å². The van der Waals surface area contributed by atoms with Gasteiger partial charge in [-0.1, -0.05) is 27.7 Å². The van der Waals surface area contributed by atoms with Gasteiger partial charge in [-0.05, 0) is 24.7 Å². The Hall–Kier alpha value is -2.69. The second-order valence-electron chi connectivity index (χ2n) is 7.71. The monoisotopic (exact) mass is 415 g/mol. The molecule has 0 radical (unpaired) electrons. The van der Waals surface area contributed by atoms with Crippen LogP contribution in [-0.2, 0) is 24.0 Å². The fourth-order valence-electron chi connectivity index (χ4n) is 2.60. The molecule has 29 heavy (non-hydrogen) atoms. The molecule has 3 unspecified atom stereocenters. The van der Waals surface area contributed by atoms with Gasteiger partial charge in [-0.2, -0.15) is 0 Å². The summed E-state index contributed by atoms with van der Waals surface area (Å²) in [5, 5.41) is 16.4. The van der Waals surface area contributed by atoms with Crippen molar-refractivity contribution in [3.63, 3.8) is 0 Å². The van der Waals surface area contributed by atoms with E-state index in [0.29, 0.717) is 0 Å². The van der Waals surface area contributed by atoms with Crippen molar-refractivity contribution in [2.75, 3.05) is 6.54 Å². The lowest BCUT2D eigenvalue weighted by atomic mass is 10.0. The van der Waals surface area contributed by atoms with Crippen LogP contribution in [0.3, 0.4) is 0 Å². The van der Waals surface area contributed by atoms with E-state index in [9.17, 15) is 29.1 Å². The molecule has 0 bridgehead atoms. The third-order valence-corrected chi connectivity index (χ3v) is 3.90. The van der Waals surface area contributed by atoms with E-state index in [1.807, 2.05) is 13.8 Å². The van der Waals surface area contributed by atoms with Gasteiger partial charge in [0.15, 0.2) is 0 Å². The number of nitrogens with two attached hydrogens (primary N) is 2. The standard InChI is InChI=1S/C18H33N5O6/c1-9(2)5-11(21-15(25)8-19)16(26)22-12(7-14(20)24)17(27)23-13(18(28)29)6-10(3)4/h9-13H,5-8,19H2,1-4H3,(H2,20,24)(H,21,25)(H,22,26)(H,23,27)(H,28,29). The SMILES string of the molecule is CC(C)CC(NC(=O)C(CC(N)=O)NC(=O)C(CC(C)C)NC(=O)CN)C(=O)O. The van der Waals surface area contributed by atoms with Gasteiger partial charge in [-0.3, -0.25) is 19.2 Å². The Morgan fingerprint density at radius 3 is 1.66 bits per heavy atom. The first-order chi connectivity index (χ1) is 13.4. The molecule has 0 spiro atoms. The molecular weight excluding hydrogens is 382 g/mol. The van der Waals surface area contributed by atoms with E-state index in [2.05, 4.69) is 16.0 Å². The third-order valence-electron chi connectivity index (χ3n) is 3.90. The molecule has 3 atom stereocenters. The molecule has 11 heteroatoms. The van der Waals surface area contributed by atoms with Crippen LogP contribution in [0.5, 0.6) is 0 Å². The van der Waals surface area contributed by atoms with Crippen LogP contribution in [0.25, 0.3) is 0 Å². The van der Waals surface area contributed by atoms with Crippen molar-refractivity contribution in [2.24, 2.45) is 23.3 Å². The van der Waals surface area contributed by atoms with Crippen LogP contribution in [0.1, 0.15) is 47.0 Å². The largest absolute Gasteiger partial charge is 0.480 e. The van der Waals surface area contributed by atoms with Crippen LogP contribution in [-0.4, -0.2) is 59.4 Å². The van der Waals surface area contributed by atoms with Crippen LogP contribution >= 0.6 is 0 Å². The second-order valence-corrected chi connectivity index (χ2v) is 7.71. The maximum Gasteiger partial charge on any atom is 0.326 e. The van der Waals surface area contributed by atoms with Gasteiger partial charge in [-0.15, -0.1) is 0 Å². The van der Waals surface area contributed by atoms with Crippen molar-refractivity contribution in [1.82, 2.24) is 16.0 Å². The number of primary amides is 1. The Morgan fingerprint density at radius 1 is 0.793 bits per heavy atom. The minimum atomic E-state index is -1.38. The molecule has 0 aliphatic carbocycles. The highest BCUT2D eigenvalue weighted by atomic mass is 16.4. The van der Waals surface area contributed by atoms with Gasteiger partial charge < -0.3 is 32.5 Å². The smallest absolute Gasteiger partial charge is 0.326 e. The molecule has 0 aliphatic heterocycles. The summed E-state index contributed by atoms with van der Waals surface area (Å²) >= 11 is 0. The van der Waals surface area contributed by atoms with Gasteiger partial charge in [0, 0.05) is 0 Å². The zero-order valence-electron chi connectivity index (χ0n) is 17.4. The van der Waals surface area contributed by atoms with E-state index in [1.165, 1.54) is 0 Å². The quantitative estimate of drug-likeness (QED) is 0.209. The summed E-state index contributed by atoms with van der Waals surface area (Å²) in [5.41, 5.74) is 10.4. The number of hydrogen-bond donors (Lipinski definition) is 6. The molecule has 4 amide bonds.